The topological polar surface area (TPSA) is 38.5 Å². The van der Waals surface area contributed by atoms with E-state index in [0.29, 0.717) is 18.1 Å². The highest BCUT2D eigenvalue weighted by Gasteiger charge is 2.36. The maximum absolute atomic E-state index is 5.98. The summed E-state index contributed by atoms with van der Waals surface area (Å²) in [5.74, 6) is 0. The van der Waals surface area contributed by atoms with Crippen LogP contribution in [-0.2, 0) is 4.74 Å². The zero-order valence-electron chi connectivity index (χ0n) is 7.98. The number of rotatable bonds is 2. The molecule has 2 bridgehead atoms. The molecule has 74 valence electrons. The second-order valence-corrected chi connectivity index (χ2v) is 4.06. The van der Waals surface area contributed by atoms with Crippen molar-refractivity contribution in [3.8, 4) is 0 Å². The van der Waals surface area contributed by atoms with Crippen molar-refractivity contribution >= 4 is 0 Å². The summed E-state index contributed by atoms with van der Waals surface area (Å²) in [4.78, 5) is 2.49. The third-order valence-corrected chi connectivity index (χ3v) is 3.05. The third-order valence-electron chi connectivity index (χ3n) is 3.05. The smallest absolute Gasteiger partial charge is 0.0623 e. The van der Waals surface area contributed by atoms with Gasteiger partial charge in [-0.2, -0.15) is 0 Å². The molecule has 2 aliphatic heterocycles. The Bertz CT molecular complexity index is 181. The number of morpholine rings is 1. The lowest BCUT2D eigenvalue weighted by molar-refractivity contribution is -0.0719. The summed E-state index contributed by atoms with van der Waals surface area (Å²) in [5.41, 5.74) is 5.98. The average molecular weight is 182 g/mol. The van der Waals surface area contributed by atoms with Gasteiger partial charge in [-0.1, -0.05) is 6.08 Å². The number of hydrogen-bond acceptors (Lipinski definition) is 3. The molecule has 2 fully saturated rings. The fourth-order valence-corrected chi connectivity index (χ4v) is 2.48. The van der Waals surface area contributed by atoms with Crippen molar-refractivity contribution in [1.29, 1.82) is 0 Å². The molecule has 0 saturated carbocycles. The van der Waals surface area contributed by atoms with E-state index < -0.39 is 0 Å². The fourth-order valence-electron chi connectivity index (χ4n) is 2.48. The van der Waals surface area contributed by atoms with Gasteiger partial charge in [0.15, 0.2) is 0 Å². The lowest BCUT2D eigenvalue weighted by Gasteiger charge is -2.47. The standard InChI is InChI=1S/C10H18N2O/c1-2-3-12-9-4-8(11)5-10(12)7-13-6-9/h2,8-10H,1,3-7,11H2/t8?,9-,10+. The number of nitrogens with two attached hydrogens (primary N) is 1. The van der Waals surface area contributed by atoms with Crippen LogP contribution < -0.4 is 5.73 Å². The van der Waals surface area contributed by atoms with Crippen molar-refractivity contribution in [3.05, 3.63) is 12.7 Å². The van der Waals surface area contributed by atoms with Crippen LogP contribution in [-0.4, -0.2) is 42.8 Å². The maximum atomic E-state index is 5.98. The second-order valence-electron chi connectivity index (χ2n) is 4.06. The minimum Gasteiger partial charge on any atom is -0.378 e. The van der Waals surface area contributed by atoms with E-state index in [1.165, 1.54) is 0 Å². The van der Waals surface area contributed by atoms with Crippen molar-refractivity contribution in [2.24, 2.45) is 5.73 Å². The molecule has 2 N–H and O–H groups in total. The molecular weight excluding hydrogens is 164 g/mol. The zero-order chi connectivity index (χ0) is 9.26. The van der Waals surface area contributed by atoms with Gasteiger partial charge in [-0.15, -0.1) is 6.58 Å². The van der Waals surface area contributed by atoms with Crippen LogP contribution >= 0.6 is 0 Å². The maximum Gasteiger partial charge on any atom is 0.0623 e. The van der Waals surface area contributed by atoms with E-state index in [2.05, 4.69) is 11.5 Å². The lowest BCUT2D eigenvalue weighted by Crippen LogP contribution is -2.59. The molecule has 1 unspecified atom stereocenters. The van der Waals surface area contributed by atoms with Crippen LogP contribution in [0.15, 0.2) is 12.7 Å². The van der Waals surface area contributed by atoms with Crippen molar-refractivity contribution < 1.29 is 4.74 Å². The quantitative estimate of drug-likeness (QED) is 0.627. The van der Waals surface area contributed by atoms with Crippen molar-refractivity contribution in [2.45, 2.75) is 31.0 Å². The van der Waals surface area contributed by atoms with Gasteiger partial charge in [0.2, 0.25) is 0 Å². The molecule has 2 rings (SSSR count). The summed E-state index contributed by atoms with van der Waals surface area (Å²) in [7, 11) is 0. The predicted octanol–water partition coefficient (Wildman–Crippen LogP) is 0.363. The summed E-state index contributed by atoms with van der Waals surface area (Å²) in [5, 5.41) is 0. The summed E-state index contributed by atoms with van der Waals surface area (Å²) < 4.78 is 5.53. The van der Waals surface area contributed by atoms with E-state index in [1.807, 2.05) is 6.08 Å². The SMILES string of the molecule is C=CCN1[C@@H]2COC[C@H]1CC(N)C2. The highest BCUT2D eigenvalue weighted by atomic mass is 16.5. The summed E-state index contributed by atoms with van der Waals surface area (Å²) in [6, 6.07) is 1.43. The van der Waals surface area contributed by atoms with Gasteiger partial charge in [0.1, 0.15) is 0 Å². The molecular formula is C10H18N2O. The van der Waals surface area contributed by atoms with Crippen LogP contribution in [0.3, 0.4) is 0 Å². The minimum absolute atomic E-state index is 0.375. The Hall–Kier alpha value is -0.380. The first-order chi connectivity index (χ1) is 6.31. The number of piperidine rings is 1. The Morgan fingerprint density at radius 3 is 2.54 bits per heavy atom. The molecule has 0 amide bonds. The highest BCUT2D eigenvalue weighted by molar-refractivity contribution is 4.95. The first kappa shape index (κ1) is 9.19. The van der Waals surface area contributed by atoms with E-state index in [1.54, 1.807) is 0 Å². The predicted molar refractivity (Wildman–Crippen MR) is 52.5 cm³/mol. The van der Waals surface area contributed by atoms with E-state index in [0.717, 1.165) is 32.6 Å². The van der Waals surface area contributed by atoms with Gasteiger partial charge in [-0.3, -0.25) is 4.90 Å². The number of ether oxygens (including phenoxy) is 1. The Morgan fingerprint density at radius 1 is 1.38 bits per heavy atom. The Labute approximate surface area is 79.5 Å². The molecule has 0 aromatic carbocycles. The molecule has 2 saturated heterocycles. The zero-order valence-corrected chi connectivity index (χ0v) is 7.98. The van der Waals surface area contributed by atoms with Crippen LogP contribution in [0.2, 0.25) is 0 Å². The molecule has 0 aliphatic carbocycles. The van der Waals surface area contributed by atoms with Crippen molar-refractivity contribution in [1.82, 2.24) is 4.90 Å². The molecule has 2 heterocycles. The number of hydrogen-bond donors (Lipinski definition) is 1. The van der Waals surface area contributed by atoms with E-state index in [4.69, 9.17) is 10.5 Å². The molecule has 2 aliphatic rings. The molecule has 13 heavy (non-hydrogen) atoms. The first-order valence-corrected chi connectivity index (χ1v) is 5.01. The van der Waals surface area contributed by atoms with Gasteiger partial charge in [0.05, 0.1) is 13.2 Å². The van der Waals surface area contributed by atoms with Crippen LogP contribution in [0.25, 0.3) is 0 Å². The summed E-state index contributed by atoms with van der Waals surface area (Å²) in [6.45, 7) is 6.46. The van der Waals surface area contributed by atoms with Crippen LogP contribution in [0.4, 0.5) is 0 Å². The molecule has 0 aromatic heterocycles. The molecule has 0 spiro atoms. The highest BCUT2D eigenvalue weighted by Crippen LogP contribution is 2.26. The summed E-state index contributed by atoms with van der Waals surface area (Å²) >= 11 is 0. The Kier molecular flexibility index (Phi) is 2.67. The van der Waals surface area contributed by atoms with Crippen molar-refractivity contribution in [3.63, 3.8) is 0 Å². The summed E-state index contributed by atoms with van der Waals surface area (Å²) in [6.07, 6.45) is 4.12. The lowest BCUT2D eigenvalue weighted by atomic mass is 9.91. The van der Waals surface area contributed by atoms with Gasteiger partial charge in [-0.05, 0) is 12.8 Å². The Balaban J connectivity index is 2.05. The van der Waals surface area contributed by atoms with Crippen LogP contribution in [0.1, 0.15) is 12.8 Å². The average Bonchev–Trinajstić information content (AvgIpc) is 2.07. The largest absolute Gasteiger partial charge is 0.378 e. The van der Waals surface area contributed by atoms with E-state index in [-0.39, 0.29) is 0 Å². The molecule has 0 aromatic rings. The molecule has 3 heteroatoms. The second kappa shape index (κ2) is 3.78. The van der Waals surface area contributed by atoms with Crippen LogP contribution in [0, 0.1) is 0 Å². The first-order valence-electron chi connectivity index (χ1n) is 5.01. The Morgan fingerprint density at radius 2 is 2.00 bits per heavy atom. The minimum atomic E-state index is 0.375. The number of nitrogens with zero attached hydrogens (tertiary/aromatic N) is 1. The molecule has 3 atom stereocenters. The normalized spacial score (nSPS) is 40.2. The fraction of sp³-hybridized carbons (Fsp3) is 0.800. The van der Waals surface area contributed by atoms with Gasteiger partial charge in [0, 0.05) is 24.7 Å². The van der Waals surface area contributed by atoms with Gasteiger partial charge in [-0.25, -0.2) is 0 Å². The van der Waals surface area contributed by atoms with E-state index >= 15 is 0 Å². The molecule has 3 nitrogen and oxygen atoms in total. The van der Waals surface area contributed by atoms with E-state index in [9.17, 15) is 0 Å². The van der Waals surface area contributed by atoms with Crippen LogP contribution in [0.5, 0.6) is 0 Å². The third kappa shape index (κ3) is 1.77. The van der Waals surface area contributed by atoms with Gasteiger partial charge in [0.25, 0.3) is 0 Å². The van der Waals surface area contributed by atoms with Gasteiger partial charge >= 0.3 is 0 Å². The molecule has 0 radical (unpaired) electrons. The number of fused-ring (bicyclic) bond motifs is 2. The van der Waals surface area contributed by atoms with Crippen molar-refractivity contribution in [2.75, 3.05) is 19.8 Å². The monoisotopic (exact) mass is 182 g/mol. The van der Waals surface area contributed by atoms with Gasteiger partial charge < -0.3 is 10.5 Å².